The molecule has 4 rings (SSSR count). The molecule has 6 heteroatoms. The standard InChI is InChI=1S/C22H27NO5/c24-13-18-21(25)22(28-15-17-9-5-2-6-10-17)20-19(11-12-23(18,20)26)27-14-16-7-3-1-4-8-16/h1-10,18-22,24-25H,11-15H2/t18-,19+,20+,21-,22-,23?/m1/s1. The summed E-state index contributed by atoms with van der Waals surface area (Å²) < 4.78 is 11.5. The third kappa shape index (κ3) is 3.59. The van der Waals surface area contributed by atoms with E-state index in [1.54, 1.807) is 0 Å². The SMILES string of the molecule is [O-][N+]12CC[C@H](OCc3ccccc3)[C@H]1[C@@H](OCc1ccccc1)[C@H](O)[C@H]2CO. The van der Waals surface area contributed by atoms with Crippen LogP contribution in [0.25, 0.3) is 0 Å². The number of fused-ring (bicyclic) bond motifs is 1. The molecule has 0 saturated carbocycles. The summed E-state index contributed by atoms with van der Waals surface area (Å²) in [7, 11) is 0. The fourth-order valence-electron chi connectivity index (χ4n) is 4.63. The minimum atomic E-state index is -1.01. The minimum Gasteiger partial charge on any atom is -0.632 e. The zero-order valence-corrected chi connectivity index (χ0v) is 15.8. The van der Waals surface area contributed by atoms with Crippen LogP contribution in [0.15, 0.2) is 60.7 Å². The lowest BCUT2D eigenvalue weighted by molar-refractivity contribution is -0.908. The topological polar surface area (TPSA) is 82.0 Å². The Bertz CT molecular complexity index is 758. The van der Waals surface area contributed by atoms with Crippen LogP contribution >= 0.6 is 0 Å². The molecule has 2 aromatic rings. The molecule has 2 fully saturated rings. The zero-order chi connectivity index (χ0) is 19.6. The number of benzene rings is 2. The summed E-state index contributed by atoms with van der Waals surface area (Å²) in [5.74, 6) is 0. The van der Waals surface area contributed by atoms with Crippen molar-refractivity contribution >= 4 is 0 Å². The van der Waals surface area contributed by atoms with Gasteiger partial charge in [-0.15, -0.1) is 0 Å². The highest BCUT2D eigenvalue weighted by Crippen LogP contribution is 2.43. The van der Waals surface area contributed by atoms with E-state index in [1.165, 1.54) is 0 Å². The number of aliphatic hydroxyl groups excluding tert-OH is 2. The number of hydrogen-bond acceptors (Lipinski definition) is 5. The van der Waals surface area contributed by atoms with Crippen molar-refractivity contribution in [1.29, 1.82) is 0 Å². The first kappa shape index (κ1) is 19.5. The van der Waals surface area contributed by atoms with Crippen LogP contribution in [0.1, 0.15) is 17.5 Å². The summed E-state index contributed by atoms with van der Waals surface area (Å²) in [6.07, 6.45) is -1.41. The summed E-state index contributed by atoms with van der Waals surface area (Å²) in [5.41, 5.74) is 2.02. The van der Waals surface area contributed by atoms with Crippen LogP contribution in [0.5, 0.6) is 0 Å². The van der Waals surface area contributed by atoms with Crippen molar-refractivity contribution in [3.8, 4) is 0 Å². The Morgan fingerprint density at radius 1 is 0.929 bits per heavy atom. The highest BCUT2D eigenvalue weighted by atomic mass is 16.6. The lowest BCUT2D eigenvalue weighted by Gasteiger charge is -2.44. The van der Waals surface area contributed by atoms with Gasteiger partial charge in [-0.2, -0.15) is 0 Å². The Labute approximate surface area is 165 Å². The van der Waals surface area contributed by atoms with Gasteiger partial charge < -0.3 is 29.5 Å². The van der Waals surface area contributed by atoms with Crippen LogP contribution < -0.4 is 0 Å². The number of nitrogens with zero attached hydrogens (tertiary/aromatic N) is 1. The normalized spacial score (nSPS) is 34.5. The van der Waals surface area contributed by atoms with Crippen molar-refractivity contribution in [2.24, 2.45) is 0 Å². The number of rotatable bonds is 7. The van der Waals surface area contributed by atoms with E-state index in [2.05, 4.69) is 0 Å². The van der Waals surface area contributed by atoms with Crippen LogP contribution in [-0.2, 0) is 22.7 Å². The maximum Gasteiger partial charge on any atom is 0.145 e. The molecule has 2 heterocycles. The molecule has 0 spiro atoms. The smallest absolute Gasteiger partial charge is 0.145 e. The molecular formula is C22H27NO5. The Hall–Kier alpha value is -1.80. The zero-order valence-electron chi connectivity index (χ0n) is 15.8. The number of ether oxygens (including phenoxy) is 2. The molecule has 6 nitrogen and oxygen atoms in total. The summed E-state index contributed by atoms with van der Waals surface area (Å²) in [4.78, 5) is 0. The maximum absolute atomic E-state index is 13.5. The number of quaternary nitrogens is 1. The first-order chi connectivity index (χ1) is 13.6. The van der Waals surface area contributed by atoms with Crippen LogP contribution in [0.3, 0.4) is 0 Å². The quantitative estimate of drug-likeness (QED) is 0.563. The lowest BCUT2D eigenvalue weighted by Crippen LogP contribution is -2.54. The minimum absolute atomic E-state index is 0.308. The van der Waals surface area contributed by atoms with E-state index in [0.29, 0.717) is 26.2 Å². The Balaban J connectivity index is 1.50. The summed E-state index contributed by atoms with van der Waals surface area (Å²) in [6.45, 7) is 0.672. The van der Waals surface area contributed by atoms with Crippen molar-refractivity contribution < 1.29 is 24.3 Å². The molecule has 0 aliphatic carbocycles. The van der Waals surface area contributed by atoms with Gasteiger partial charge in [0.2, 0.25) is 0 Å². The fraction of sp³-hybridized carbons (Fsp3) is 0.455. The van der Waals surface area contributed by atoms with E-state index >= 15 is 0 Å². The van der Waals surface area contributed by atoms with Crippen molar-refractivity contribution in [3.05, 3.63) is 77.0 Å². The Kier molecular flexibility index (Phi) is 5.78. The van der Waals surface area contributed by atoms with E-state index in [4.69, 9.17) is 9.47 Å². The molecule has 2 N–H and O–H groups in total. The molecule has 150 valence electrons. The second kappa shape index (κ2) is 8.29. The molecular weight excluding hydrogens is 358 g/mol. The Morgan fingerprint density at radius 2 is 1.50 bits per heavy atom. The first-order valence-electron chi connectivity index (χ1n) is 9.82. The highest BCUT2D eigenvalue weighted by Gasteiger charge is 2.63. The highest BCUT2D eigenvalue weighted by molar-refractivity contribution is 5.15. The summed E-state index contributed by atoms with van der Waals surface area (Å²) in [6, 6.07) is 18.2. The Morgan fingerprint density at radius 3 is 2.07 bits per heavy atom. The molecule has 6 atom stereocenters. The average molecular weight is 385 g/mol. The van der Waals surface area contributed by atoms with Gasteiger partial charge in [0, 0.05) is 6.42 Å². The summed E-state index contributed by atoms with van der Waals surface area (Å²) in [5, 5.41) is 34.1. The van der Waals surface area contributed by atoms with E-state index in [0.717, 1.165) is 11.1 Å². The van der Waals surface area contributed by atoms with Gasteiger partial charge in [-0.05, 0) is 11.1 Å². The molecule has 2 aliphatic rings. The van der Waals surface area contributed by atoms with Gasteiger partial charge >= 0.3 is 0 Å². The average Bonchev–Trinajstić information content (AvgIpc) is 3.16. The van der Waals surface area contributed by atoms with E-state index in [1.807, 2.05) is 60.7 Å². The number of hydroxylamine groups is 3. The summed E-state index contributed by atoms with van der Waals surface area (Å²) >= 11 is 0. The number of hydrogen-bond donors (Lipinski definition) is 2. The maximum atomic E-state index is 13.5. The van der Waals surface area contributed by atoms with E-state index < -0.39 is 28.9 Å². The largest absolute Gasteiger partial charge is 0.632 e. The molecule has 28 heavy (non-hydrogen) atoms. The molecule has 2 aromatic carbocycles. The van der Waals surface area contributed by atoms with Crippen LogP contribution in [0.2, 0.25) is 0 Å². The van der Waals surface area contributed by atoms with Gasteiger partial charge in [-0.1, -0.05) is 60.7 Å². The van der Waals surface area contributed by atoms with Gasteiger partial charge in [-0.3, -0.25) is 0 Å². The third-order valence-electron chi connectivity index (χ3n) is 6.06. The predicted octanol–water partition coefficient (Wildman–Crippen LogP) is 1.98. The number of aliphatic hydroxyl groups is 2. The van der Waals surface area contributed by atoms with E-state index in [9.17, 15) is 15.4 Å². The monoisotopic (exact) mass is 385 g/mol. The van der Waals surface area contributed by atoms with Crippen LogP contribution in [0.4, 0.5) is 0 Å². The van der Waals surface area contributed by atoms with Gasteiger partial charge in [0.25, 0.3) is 0 Å². The molecule has 1 unspecified atom stereocenters. The fourth-order valence-corrected chi connectivity index (χ4v) is 4.63. The molecule has 0 aromatic heterocycles. The molecule has 0 amide bonds. The predicted molar refractivity (Wildman–Crippen MR) is 104 cm³/mol. The van der Waals surface area contributed by atoms with Gasteiger partial charge in [-0.25, -0.2) is 0 Å². The lowest BCUT2D eigenvalue weighted by atomic mass is 10.0. The van der Waals surface area contributed by atoms with E-state index in [-0.39, 0.29) is 12.7 Å². The second-order valence-electron chi connectivity index (χ2n) is 7.69. The van der Waals surface area contributed by atoms with Crippen LogP contribution in [0, 0.1) is 5.21 Å². The molecule has 2 aliphatic heterocycles. The van der Waals surface area contributed by atoms with Crippen LogP contribution in [-0.4, -0.2) is 58.4 Å². The van der Waals surface area contributed by atoms with Gasteiger partial charge in [0.1, 0.15) is 30.4 Å². The van der Waals surface area contributed by atoms with Gasteiger partial charge in [0.05, 0.1) is 26.4 Å². The third-order valence-corrected chi connectivity index (χ3v) is 6.06. The molecule has 2 saturated heterocycles. The first-order valence-corrected chi connectivity index (χ1v) is 9.82. The van der Waals surface area contributed by atoms with Crippen molar-refractivity contribution in [2.75, 3.05) is 13.2 Å². The second-order valence-corrected chi connectivity index (χ2v) is 7.69. The molecule has 0 radical (unpaired) electrons. The van der Waals surface area contributed by atoms with Crippen molar-refractivity contribution in [2.45, 2.75) is 50.0 Å². The van der Waals surface area contributed by atoms with Crippen molar-refractivity contribution in [3.63, 3.8) is 0 Å². The molecule has 0 bridgehead atoms. The van der Waals surface area contributed by atoms with Crippen molar-refractivity contribution in [1.82, 2.24) is 0 Å². The van der Waals surface area contributed by atoms with Gasteiger partial charge in [0.15, 0.2) is 0 Å².